The lowest BCUT2D eigenvalue weighted by molar-refractivity contribution is 0.000672. The summed E-state index contributed by atoms with van der Waals surface area (Å²) < 4.78 is 6.40. The van der Waals surface area contributed by atoms with Gasteiger partial charge in [0.25, 0.3) is 0 Å². The Morgan fingerprint density at radius 3 is 2.63 bits per heavy atom. The average Bonchev–Trinajstić information content (AvgIpc) is 2.73. The van der Waals surface area contributed by atoms with Crippen molar-refractivity contribution in [3.8, 4) is 5.75 Å². The van der Waals surface area contributed by atoms with Crippen molar-refractivity contribution in [3.05, 3.63) is 71.2 Å². The van der Waals surface area contributed by atoms with Gasteiger partial charge in [-0.15, -0.1) is 0 Å². The first kappa shape index (κ1) is 18.9. The number of carbonyl (C=O) groups excluding carboxylic acids is 2. The number of amides is 2. The molecule has 30 heavy (non-hydrogen) atoms. The van der Waals surface area contributed by atoms with Crippen LogP contribution < -0.4 is 10.1 Å². The summed E-state index contributed by atoms with van der Waals surface area (Å²) in [5, 5.41) is 5.43. The molecule has 0 saturated carbocycles. The molecular formula is C24H21ClN2O3. The second-order valence-corrected chi connectivity index (χ2v) is 8.41. The monoisotopic (exact) mass is 420 g/mol. The van der Waals surface area contributed by atoms with Crippen LogP contribution in [0.15, 0.2) is 60.7 Å². The van der Waals surface area contributed by atoms with E-state index in [0.29, 0.717) is 54.4 Å². The molecule has 0 bridgehead atoms. The maximum atomic E-state index is 13.1. The molecule has 3 aromatic rings. The predicted molar refractivity (Wildman–Crippen MR) is 118 cm³/mol. The molecule has 2 heterocycles. The minimum Gasteiger partial charge on any atom is -0.486 e. The van der Waals surface area contributed by atoms with Gasteiger partial charge in [-0.3, -0.25) is 4.79 Å². The van der Waals surface area contributed by atoms with Crippen molar-refractivity contribution < 1.29 is 14.3 Å². The third kappa shape index (κ3) is 3.39. The molecule has 3 aromatic carbocycles. The highest BCUT2D eigenvalue weighted by Gasteiger charge is 2.44. The van der Waals surface area contributed by atoms with E-state index in [9.17, 15) is 9.59 Å². The number of rotatable bonds is 1. The number of hydrogen-bond acceptors (Lipinski definition) is 3. The second-order valence-electron chi connectivity index (χ2n) is 7.97. The van der Waals surface area contributed by atoms with E-state index in [1.165, 1.54) is 0 Å². The molecule has 2 amide bonds. The van der Waals surface area contributed by atoms with Crippen molar-refractivity contribution in [1.82, 2.24) is 4.90 Å². The average molecular weight is 421 g/mol. The summed E-state index contributed by atoms with van der Waals surface area (Å²) in [6.45, 7) is 1.06. The number of hydrogen-bond donors (Lipinski definition) is 1. The summed E-state index contributed by atoms with van der Waals surface area (Å²) in [7, 11) is 0. The third-order valence-corrected chi connectivity index (χ3v) is 6.25. The van der Waals surface area contributed by atoms with Gasteiger partial charge in [0.2, 0.25) is 0 Å². The number of piperidine rings is 1. The minimum atomic E-state index is -0.542. The van der Waals surface area contributed by atoms with E-state index in [4.69, 9.17) is 16.3 Å². The lowest BCUT2D eigenvalue weighted by Crippen LogP contribution is -2.53. The summed E-state index contributed by atoms with van der Waals surface area (Å²) in [6.07, 6.45) is 1.58. The lowest BCUT2D eigenvalue weighted by atomic mass is 9.81. The molecular weight excluding hydrogens is 400 g/mol. The summed E-state index contributed by atoms with van der Waals surface area (Å²) in [5.41, 5.74) is 0.803. The molecule has 152 valence electrons. The number of ketones is 1. The van der Waals surface area contributed by atoms with Crippen LogP contribution >= 0.6 is 11.6 Å². The van der Waals surface area contributed by atoms with Crippen LogP contribution in [0.3, 0.4) is 0 Å². The van der Waals surface area contributed by atoms with Crippen LogP contribution in [-0.4, -0.2) is 35.4 Å². The van der Waals surface area contributed by atoms with Crippen molar-refractivity contribution >= 4 is 39.9 Å². The zero-order valence-corrected chi connectivity index (χ0v) is 17.1. The van der Waals surface area contributed by atoms with Gasteiger partial charge in [-0.1, -0.05) is 48.0 Å². The molecule has 0 radical (unpaired) electrons. The standard InChI is InChI=1S/C24H21ClN2O3/c25-17-5-3-6-18(14-17)26-23(29)27-12-10-24(11-13-27)15-20(28)22-19-7-2-1-4-16(19)8-9-21(22)30-24/h1-9,14H,10-13,15H2,(H,26,29). The predicted octanol–water partition coefficient (Wildman–Crippen LogP) is 5.53. The summed E-state index contributed by atoms with van der Waals surface area (Å²) in [5.74, 6) is 0.770. The molecule has 1 N–H and O–H groups in total. The number of Topliss-reactive ketones (excluding diaryl/α,β-unsaturated/α-hetero) is 1. The van der Waals surface area contributed by atoms with Gasteiger partial charge in [-0.25, -0.2) is 4.79 Å². The van der Waals surface area contributed by atoms with Crippen LogP contribution in [-0.2, 0) is 0 Å². The molecule has 6 heteroatoms. The van der Waals surface area contributed by atoms with Gasteiger partial charge in [0, 0.05) is 36.6 Å². The normalized spacial score (nSPS) is 17.5. The minimum absolute atomic E-state index is 0.116. The number of likely N-dealkylation sites (tertiary alicyclic amines) is 1. The number of benzene rings is 3. The molecule has 1 saturated heterocycles. The lowest BCUT2D eigenvalue weighted by Gasteiger charge is -2.44. The molecule has 2 aliphatic rings. The number of urea groups is 1. The van der Waals surface area contributed by atoms with Crippen LogP contribution in [0.5, 0.6) is 5.75 Å². The summed E-state index contributed by atoms with van der Waals surface area (Å²) in [4.78, 5) is 27.5. The molecule has 1 fully saturated rings. The molecule has 0 aromatic heterocycles. The zero-order valence-electron chi connectivity index (χ0n) is 16.4. The molecule has 2 aliphatic heterocycles. The van der Waals surface area contributed by atoms with Crippen molar-refractivity contribution in [2.24, 2.45) is 0 Å². The largest absolute Gasteiger partial charge is 0.486 e. The highest BCUT2D eigenvalue weighted by atomic mass is 35.5. The fraction of sp³-hybridized carbons (Fsp3) is 0.250. The Morgan fingerprint density at radius 1 is 1.03 bits per heavy atom. The molecule has 0 unspecified atom stereocenters. The second kappa shape index (κ2) is 7.33. The molecule has 0 aliphatic carbocycles. The van der Waals surface area contributed by atoms with Crippen molar-refractivity contribution in [2.75, 3.05) is 18.4 Å². The fourth-order valence-corrected chi connectivity index (χ4v) is 4.63. The van der Waals surface area contributed by atoms with Gasteiger partial charge >= 0.3 is 6.03 Å². The maximum absolute atomic E-state index is 13.1. The van der Waals surface area contributed by atoms with Gasteiger partial charge in [0.1, 0.15) is 11.4 Å². The van der Waals surface area contributed by atoms with E-state index in [-0.39, 0.29) is 11.8 Å². The number of nitrogens with one attached hydrogen (secondary N) is 1. The number of anilines is 1. The Hall–Kier alpha value is -3.05. The molecule has 1 spiro atoms. The molecule has 5 rings (SSSR count). The van der Waals surface area contributed by atoms with Gasteiger partial charge < -0.3 is 15.0 Å². The van der Waals surface area contributed by atoms with Gasteiger partial charge in [0.05, 0.1) is 12.0 Å². The Bertz CT molecular complexity index is 1150. The molecule has 5 nitrogen and oxygen atoms in total. The maximum Gasteiger partial charge on any atom is 0.321 e. The fourth-order valence-electron chi connectivity index (χ4n) is 4.44. The van der Waals surface area contributed by atoms with Crippen molar-refractivity contribution in [1.29, 1.82) is 0 Å². The van der Waals surface area contributed by atoms with E-state index in [1.54, 1.807) is 29.2 Å². The zero-order chi connectivity index (χ0) is 20.7. The number of carbonyl (C=O) groups is 2. The third-order valence-electron chi connectivity index (χ3n) is 6.02. The quantitative estimate of drug-likeness (QED) is 0.563. The van der Waals surface area contributed by atoms with E-state index < -0.39 is 5.60 Å². The van der Waals surface area contributed by atoms with E-state index >= 15 is 0 Å². The number of fused-ring (bicyclic) bond motifs is 3. The highest BCUT2D eigenvalue weighted by molar-refractivity contribution is 6.30. The van der Waals surface area contributed by atoms with E-state index in [1.807, 2.05) is 36.4 Å². The Labute approximate surface area is 179 Å². The smallest absolute Gasteiger partial charge is 0.321 e. The van der Waals surface area contributed by atoms with Crippen LogP contribution in [0.25, 0.3) is 10.8 Å². The molecule has 0 atom stereocenters. The number of halogens is 1. The van der Waals surface area contributed by atoms with Crippen LogP contribution in [0, 0.1) is 0 Å². The van der Waals surface area contributed by atoms with Gasteiger partial charge in [-0.05, 0) is 35.0 Å². The number of ether oxygens (including phenoxy) is 1. The van der Waals surface area contributed by atoms with Gasteiger partial charge in [-0.2, -0.15) is 0 Å². The SMILES string of the molecule is O=C1CC2(CCN(C(=O)Nc3cccc(Cl)c3)CC2)Oc2ccc3ccccc3c21. The van der Waals surface area contributed by atoms with Crippen molar-refractivity contribution in [2.45, 2.75) is 24.9 Å². The van der Waals surface area contributed by atoms with Crippen LogP contribution in [0.1, 0.15) is 29.6 Å². The first-order valence-electron chi connectivity index (χ1n) is 10.1. The first-order valence-corrected chi connectivity index (χ1v) is 10.5. The van der Waals surface area contributed by atoms with Crippen LogP contribution in [0.4, 0.5) is 10.5 Å². The van der Waals surface area contributed by atoms with Crippen LogP contribution in [0.2, 0.25) is 5.02 Å². The van der Waals surface area contributed by atoms with E-state index in [2.05, 4.69) is 5.32 Å². The van der Waals surface area contributed by atoms with Crippen molar-refractivity contribution in [3.63, 3.8) is 0 Å². The summed E-state index contributed by atoms with van der Waals surface area (Å²) in [6, 6.07) is 18.7. The number of nitrogens with zero attached hydrogens (tertiary/aromatic N) is 1. The van der Waals surface area contributed by atoms with Gasteiger partial charge in [0.15, 0.2) is 5.78 Å². The highest BCUT2D eigenvalue weighted by Crippen LogP contribution is 2.42. The summed E-state index contributed by atoms with van der Waals surface area (Å²) >= 11 is 5.99. The Morgan fingerprint density at radius 2 is 1.83 bits per heavy atom. The topological polar surface area (TPSA) is 58.6 Å². The first-order chi connectivity index (χ1) is 14.5. The Balaban J connectivity index is 1.31. The Kier molecular flexibility index (Phi) is 4.63. The van der Waals surface area contributed by atoms with E-state index in [0.717, 1.165) is 10.8 Å².